The number of carbonyl (C=O) groups excluding carboxylic acids is 1. The van der Waals surface area contributed by atoms with Gasteiger partial charge in [-0.25, -0.2) is 4.68 Å². The van der Waals surface area contributed by atoms with Crippen molar-refractivity contribution >= 4 is 17.5 Å². The molecule has 0 spiro atoms. The summed E-state index contributed by atoms with van der Waals surface area (Å²) in [6.07, 6.45) is -5.78. The molecule has 2 aromatic carbocycles. The Morgan fingerprint density at radius 1 is 0.950 bits per heavy atom. The van der Waals surface area contributed by atoms with Crippen molar-refractivity contribution < 1.29 is 31.1 Å². The average Bonchev–Trinajstić information content (AvgIpc) is 3.56. The first kappa shape index (κ1) is 27.6. The molecule has 0 aliphatic carbocycles. The zero-order valence-electron chi connectivity index (χ0n) is 20.5. The number of nitrogens with zero attached hydrogens (tertiary/aromatic N) is 5. The van der Waals surface area contributed by atoms with E-state index in [1.54, 1.807) is 29.2 Å². The summed E-state index contributed by atoms with van der Waals surface area (Å²) in [5.41, 5.74) is -1.97. The lowest BCUT2D eigenvalue weighted by atomic mass is 10.0. The van der Waals surface area contributed by atoms with Gasteiger partial charge in [-0.1, -0.05) is 35.0 Å². The molecule has 1 saturated heterocycles. The second-order valence-electron chi connectivity index (χ2n) is 9.27. The van der Waals surface area contributed by atoms with E-state index in [0.29, 0.717) is 42.1 Å². The van der Waals surface area contributed by atoms with E-state index >= 15 is 0 Å². The number of amides is 1. The lowest BCUT2D eigenvalue weighted by Crippen LogP contribution is -2.31. The fourth-order valence-corrected chi connectivity index (χ4v) is 5.12. The van der Waals surface area contributed by atoms with Gasteiger partial charge in [-0.2, -0.15) is 26.3 Å². The standard InChI is InChI=1S/C27H20ClF6N5O/c28-21-5-2-1-4-20(21)22-6-3-11-38(22)25(40)23-24(17-7-9-35-10-8-17)39(37-36-23)15-16-12-18(26(29,30)31)14-19(13-16)27(32,33)34/h1-2,4-5,7-10,12-14,22H,3,6,11,15H2. The first-order chi connectivity index (χ1) is 18.9. The first-order valence-corrected chi connectivity index (χ1v) is 12.5. The molecule has 3 heterocycles. The normalized spacial score (nSPS) is 16.0. The third-order valence-corrected chi connectivity index (χ3v) is 6.99. The topological polar surface area (TPSA) is 63.9 Å². The molecular weight excluding hydrogens is 560 g/mol. The maximum absolute atomic E-state index is 13.8. The van der Waals surface area contributed by atoms with Gasteiger partial charge in [-0.15, -0.1) is 5.10 Å². The highest BCUT2D eigenvalue weighted by Gasteiger charge is 2.38. The monoisotopic (exact) mass is 579 g/mol. The minimum atomic E-state index is -5.00. The summed E-state index contributed by atoms with van der Waals surface area (Å²) in [6.45, 7) is -0.0984. The van der Waals surface area contributed by atoms with Crippen LogP contribution in [-0.4, -0.2) is 37.3 Å². The molecule has 13 heteroatoms. The van der Waals surface area contributed by atoms with Gasteiger partial charge >= 0.3 is 12.4 Å². The van der Waals surface area contributed by atoms with Crippen LogP contribution in [0.2, 0.25) is 5.02 Å². The highest BCUT2D eigenvalue weighted by molar-refractivity contribution is 6.31. The van der Waals surface area contributed by atoms with E-state index in [2.05, 4.69) is 15.3 Å². The molecule has 1 atom stereocenters. The van der Waals surface area contributed by atoms with Gasteiger partial charge in [0.15, 0.2) is 5.69 Å². The summed E-state index contributed by atoms with van der Waals surface area (Å²) in [5.74, 6) is -0.486. The van der Waals surface area contributed by atoms with Gasteiger partial charge < -0.3 is 4.90 Å². The van der Waals surface area contributed by atoms with E-state index < -0.39 is 35.9 Å². The van der Waals surface area contributed by atoms with Crippen molar-refractivity contribution in [3.63, 3.8) is 0 Å². The Hall–Kier alpha value is -3.93. The Bertz CT molecular complexity index is 1500. The molecule has 4 aromatic rings. The van der Waals surface area contributed by atoms with Crippen LogP contribution in [0.25, 0.3) is 11.3 Å². The number of halogens is 7. The van der Waals surface area contributed by atoms with Crippen LogP contribution >= 0.6 is 11.6 Å². The third kappa shape index (κ3) is 5.53. The smallest absolute Gasteiger partial charge is 0.330 e. The molecule has 1 aliphatic rings. The lowest BCUT2D eigenvalue weighted by molar-refractivity contribution is -0.143. The minimum Gasteiger partial charge on any atom is -0.330 e. The van der Waals surface area contributed by atoms with Gasteiger partial charge in [0.25, 0.3) is 5.91 Å². The number of rotatable bonds is 5. The molecule has 6 nitrogen and oxygen atoms in total. The molecule has 1 unspecified atom stereocenters. The summed E-state index contributed by atoms with van der Waals surface area (Å²) >= 11 is 6.39. The summed E-state index contributed by atoms with van der Waals surface area (Å²) in [6, 6.07) is 11.2. The van der Waals surface area contributed by atoms with E-state index in [1.165, 1.54) is 12.4 Å². The van der Waals surface area contributed by atoms with Crippen LogP contribution in [0.15, 0.2) is 67.0 Å². The molecule has 2 aromatic heterocycles. The first-order valence-electron chi connectivity index (χ1n) is 12.1. The maximum Gasteiger partial charge on any atom is 0.416 e. The number of hydrogen-bond donors (Lipinski definition) is 0. The molecule has 0 saturated carbocycles. The van der Waals surface area contributed by atoms with Gasteiger partial charge in [0, 0.05) is 29.5 Å². The van der Waals surface area contributed by atoms with Crippen LogP contribution in [0.1, 0.15) is 51.6 Å². The Morgan fingerprint density at radius 3 is 2.23 bits per heavy atom. The fourth-order valence-electron chi connectivity index (χ4n) is 4.86. The second kappa shape index (κ2) is 10.6. The van der Waals surface area contributed by atoms with Crippen LogP contribution in [0.3, 0.4) is 0 Å². The summed E-state index contributed by atoms with van der Waals surface area (Å²) in [5, 5.41) is 8.54. The number of aromatic nitrogens is 4. The third-order valence-electron chi connectivity index (χ3n) is 6.65. The van der Waals surface area contributed by atoms with Crippen molar-refractivity contribution in [3.8, 4) is 11.3 Å². The molecule has 0 bridgehead atoms. The molecular formula is C27H20ClF6N5O. The predicted octanol–water partition coefficient (Wildman–Crippen LogP) is 7.06. The van der Waals surface area contributed by atoms with Gasteiger partial charge in [-0.05, 0) is 60.4 Å². The number of hydrogen-bond acceptors (Lipinski definition) is 4. The molecule has 1 amide bonds. The van der Waals surface area contributed by atoms with Crippen molar-refractivity contribution in [1.29, 1.82) is 0 Å². The van der Waals surface area contributed by atoms with E-state index in [4.69, 9.17) is 11.6 Å². The van der Waals surface area contributed by atoms with Gasteiger partial charge in [0.2, 0.25) is 0 Å². The van der Waals surface area contributed by atoms with Gasteiger partial charge in [0.05, 0.1) is 23.7 Å². The number of benzene rings is 2. The molecule has 208 valence electrons. The predicted molar refractivity (Wildman–Crippen MR) is 133 cm³/mol. The lowest BCUT2D eigenvalue weighted by Gasteiger charge is -2.25. The fraction of sp³-hybridized carbons (Fsp3) is 0.259. The molecule has 0 radical (unpaired) electrons. The van der Waals surface area contributed by atoms with Crippen molar-refractivity contribution in [1.82, 2.24) is 24.9 Å². The zero-order chi connectivity index (χ0) is 28.7. The summed E-state index contributed by atoms with van der Waals surface area (Å²) in [4.78, 5) is 19.4. The highest BCUT2D eigenvalue weighted by atomic mass is 35.5. The number of pyridine rings is 1. The van der Waals surface area contributed by atoms with Crippen molar-refractivity contribution in [3.05, 3.63) is 100.0 Å². The Labute approximate surface area is 229 Å². The molecule has 0 N–H and O–H groups in total. The average molecular weight is 580 g/mol. The van der Waals surface area contributed by atoms with E-state index in [1.807, 2.05) is 12.1 Å². The molecule has 5 rings (SSSR count). The maximum atomic E-state index is 13.8. The molecule has 1 aliphatic heterocycles. The van der Waals surface area contributed by atoms with Crippen molar-refractivity contribution in [2.24, 2.45) is 0 Å². The van der Waals surface area contributed by atoms with E-state index in [-0.39, 0.29) is 29.1 Å². The highest BCUT2D eigenvalue weighted by Crippen LogP contribution is 2.39. The van der Waals surface area contributed by atoms with Crippen LogP contribution in [0.4, 0.5) is 26.3 Å². The van der Waals surface area contributed by atoms with E-state index in [0.717, 1.165) is 10.2 Å². The second-order valence-corrected chi connectivity index (χ2v) is 9.68. The van der Waals surface area contributed by atoms with Crippen LogP contribution < -0.4 is 0 Å². The SMILES string of the molecule is O=C(c1nnn(Cc2cc(C(F)(F)F)cc(C(F)(F)F)c2)c1-c1ccncc1)N1CCCC1c1ccccc1Cl. The largest absolute Gasteiger partial charge is 0.416 e. The van der Waals surface area contributed by atoms with Crippen LogP contribution in [0, 0.1) is 0 Å². The molecule has 40 heavy (non-hydrogen) atoms. The summed E-state index contributed by atoms with van der Waals surface area (Å²) < 4.78 is 81.8. The van der Waals surface area contributed by atoms with Crippen molar-refractivity contribution in [2.45, 2.75) is 37.8 Å². The molecule has 1 fully saturated rings. The zero-order valence-corrected chi connectivity index (χ0v) is 21.3. The Morgan fingerprint density at radius 2 is 1.60 bits per heavy atom. The number of carbonyl (C=O) groups is 1. The quantitative estimate of drug-likeness (QED) is 0.238. The number of alkyl halides is 6. The van der Waals surface area contributed by atoms with Crippen LogP contribution in [0.5, 0.6) is 0 Å². The summed E-state index contributed by atoms with van der Waals surface area (Å²) in [7, 11) is 0. The van der Waals surface area contributed by atoms with Crippen LogP contribution in [-0.2, 0) is 18.9 Å². The Kier molecular flexibility index (Phi) is 7.30. The Balaban J connectivity index is 1.57. The number of likely N-dealkylation sites (tertiary alicyclic amines) is 1. The minimum absolute atomic E-state index is 0.0613. The van der Waals surface area contributed by atoms with Crippen molar-refractivity contribution in [2.75, 3.05) is 6.54 Å². The van der Waals surface area contributed by atoms with Gasteiger partial charge in [0.1, 0.15) is 5.69 Å². The van der Waals surface area contributed by atoms with Gasteiger partial charge in [-0.3, -0.25) is 9.78 Å². The van der Waals surface area contributed by atoms with E-state index in [9.17, 15) is 31.1 Å².